The molecule has 0 N–H and O–H groups in total. The summed E-state index contributed by atoms with van der Waals surface area (Å²) in [5.74, 6) is -0.594. The third-order valence-corrected chi connectivity index (χ3v) is 4.62. The van der Waals surface area contributed by atoms with E-state index in [2.05, 4.69) is 4.98 Å². The summed E-state index contributed by atoms with van der Waals surface area (Å²) in [6, 6.07) is 3.37. The van der Waals surface area contributed by atoms with Crippen LogP contribution in [0.25, 0.3) is 0 Å². The molecule has 1 aromatic heterocycles. The number of ether oxygens (including phenoxy) is 1. The summed E-state index contributed by atoms with van der Waals surface area (Å²) >= 11 is 0. The average Bonchev–Trinajstić information content (AvgIpc) is 2.82. The fourth-order valence-corrected chi connectivity index (χ4v) is 3.47. The molecule has 1 aliphatic heterocycles. The number of rotatable bonds is 2. The average molecular weight is 350 g/mol. The Balaban J connectivity index is 0.00000264. The molecule has 1 aromatic rings. The number of amides is 1. The zero-order valence-electron chi connectivity index (χ0n) is 13.7. The van der Waals surface area contributed by atoms with Crippen LogP contribution in [0, 0.1) is 0 Å². The molecule has 2 rings (SSSR count). The maximum Gasteiger partial charge on any atom is 1.00 e. The summed E-state index contributed by atoms with van der Waals surface area (Å²) in [5.41, 5.74) is -0.0621. The molecule has 7 nitrogen and oxygen atoms in total. The Morgan fingerprint density at radius 1 is 1.39 bits per heavy atom. The monoisotopic (exact) mass is 350 g/mol. The molecular formula is C14H19N2NaO5S. The van der Waals surface area contributed by atoms with Gasteiger partial charge < -0.3 is 14.2 Å². The molecule has 122 valence electrons. The van der Waals surface area contributed by atoms with Crippen molar-refractivity contribution in [1.29, 1.82) is 0 Å². The molecule has 0 saturated carbocycles. The van der Waals surface area contributed by atoms with Crippen molar-refractivity contribution in [3.05, 3.63) is 30.1 Å². The maximum atomic E-state index is 12.1. The van der Waals surface area contributed by atoms with E-state index in [-0.39, 0.29) is 42.6 Å². The Labute approximate surface area is 158 Å². The van der Waals surface area contributed by atoms with Crippen molar-refractivity contribution in [3.8, 4) is 0 Å². The molecule has 0 spiro atoms. The zero-order chi connectivity index (χ0) is 16.5. The van der Waals surface area contributed by atoms with Gasteiger partial charge in [-0.15, -0.1) is 0 Å². The first-order chi connectivity index (χ1) is 10.1. The minimum Gasteiger partial charge on any atom is -0.748 e. The number of carbonyl (C=O) groups excluding carboxylic acids is 1. The van der Waals surface area contributed by atoms with E-state index >= 15 is 0 Å². The van der Waals surface area contributed by atoms with Gasteiger partial charge >= 0.3 is 35.7 Å². The topological polar surface area (TPSA) is 99.6 Å². The van der Waals surface area contributed by atoms with Crippen LogP contribution in [-0.4, -0.2) is 52.9 Å². The molecule has 1 aliphatic rings. The van der Waals surface area contributed by atoms with Gasteiger partial charge in [0.05, 0.1) is 15.4 Å². The van der Waals surface area contributed by atoms with E-state index in [0.29, 0.717) is 5.56 Å². The fraction of sp³-hybridized carbons (Fsp3) is 0.571. The van der Waals surface area contributed by atoms with Crippen LogP contribution >= 0.6 is 0 Å². The van der Waals surface area contributed by atoms with Gasteiger partial charge in [-0.1, -0.05) is 6.07 Å². The molecule has 2 atom stereocenters. The van der Waals surface area contributed by atoms with E-state index in [4.69, 9.17) is 4.74 Å². The molecule has 23 heavy (non-hydrogen) atoms. The largest absolute Gasteiger partial charge is 1.00 e. The molecule has 0 aromatic carbocycles. The Kier molecular flexibility index (Phi) is 6.63. The molecule has 1 amide bonds. The number of hydrogen-bond donors (Lipinski definition) is 0. The second-order valence-corrected chi connectivity index (χ2v) is 7.90. The van der Waals surface area contributed by atoms with E-state index in [1.807, 2.05) is 0 Å². The van der Waals surface area contributed by atoms with Crippen LogP contribution in [0.2, 0.25) is 0 Å². The molecule has 0 radical (unpaired) electrons. The normalized spacial score (nSPS) is 21.7. The van der Waals surface area contributed by atoms with E-state index in [1.165, 1.54) is 11.1 Å². The molecule has 9 heteroatoms. The fourth-order valence-electron chi connectivity index (χ4n) is 2.46. The van der Waals surface area contributed by atoms with Crippen molar-refractivity contribution in [2.45, 2.75) is 37.5 Å². The third-order valence-electron chi connectivity index (χ3n) is 3.40. The smallest absolute Gasteiger partial charge is 0.748 e. The zero-order valence-corrected chi connectivity index (χ0v) is 16.5. The van der Waals surface area contributed by atoms with Gasteiger partial charge in [-0.2, -0.15) is 0 Å². The van der Waals surface area contributed by atoms with Crippen LogP contribution in [0.1, 0.15) is 32.3 Å². The van der Waals surface area contributed by atoms with E-state index in [9.17, 15) is 17.8 Å². The molecule has 1 saturated heterocycles. The molecule has 0 aliphatic carbocycles. The first kappa shape index (κ1) is 20.4. The molecular weight excluding hydrogens is 331 g/mol. The summed E-state index contributed by atoms with van der Waals surface area (Å²) < 4.78 is 39.8. The first-order valence-corrected chi connectivity index (χ1v) is 8.37. The number of likely N-dealkylation sites (tertiary alicyclic amines) is 1. The number of carbonyl (C=O) groups is 1. The summed E-state index contributed by atoms with van der Waals surface area (Å²) in [6.45, 7) is 5.12. The number of hydrogen-bond acceptors (Lipinski definition) is 6. The summed E-state index contributed by atoms with van der Waals surface area (Å²) in [5, 5.41) is -1.19. The Bertz CT molecular complexity index is 645. The molecule has 2 unspecified atom stereocenters. The van der Waals surface area contributed by atoms with Gasteiger partial charge in [0.1, 0.15) is 5.60 Å². The summed E-state index contributed by atoms with van der Waals surface area (Å²) in [6.07, 6.45) is 2.46. The SMILES string of the molecule is CC(C)(C)OC(=O)N1CC(c2cccnc2)C(S(=O)(=O)[O-])C1.[Na+]. The predicted octanol–water partition coefficient (Wildman–Crippen LogP) is -1.67. The Morgan fingerprint density at radius 2 is 2.04 bits per heavy atom. The Hall–Kier alpha value is -0.670. The van der Waals surface area contributed by atoms with Crippen molar-refractivity contribution in [2.75, 3.05) is 13.1 Å². The van der Waals surface area contributed by atoms with Gasteiger partial charge in [0.2, 0.25) is 0 Å². The number of nitrogens with zero attached hydrogens (tertiary/aromatic N) is 2. The van der Waals surface area contributed by atoms with Gasteiger partial charge in [-0.25, -0.2) is 13.2 Å². The maximum absolute atomic E-state index is 12.1. The second kappa shape index (κ2) is 7.48. The van der Waals surface area contributed by atoms with Gasteiger partial charge in [0, 0.05) is 31.4 Å². The minimum atomic E-state index is -4.54. The molecule has 2 heterocycles. The van der Waals surface area contributed by atoms with Crippen molar-refractivity contribution in [3.63, 3.8) is 0 Å². The summed E-state index contributed by atoms with van der Waals surface area (Å²) in [7, 11) is -4.54. The Morgan fingerprint density at radius 3 is 2.52 bits per heavy atom. The number of aromatic nitrogens is 1. The van der Waals surface area contributed by atoms with Crippen molar-refractivity contribution < 1.29 is 52.1 Å². The van der Waals surface area contributed by atoms with E-state index in [0.717, 1.165) is 0 Å². The first-order valence-electron chi connectivity index (χ1n) is 6.90. The van der Waals surface area contributed by atoms with Crippen molar-refractivity contribution >= 4 is 16.2 Å². The van der Waals surface area contributed by atoms with E-state index < -0.39 is 33.0 Å². The van der Waals surface area contributed by atoms with Gasteiger partial charge in [0.25, 0.3) is 0 Å². The number of pyridine rings is 1. The van der Waals surface area contributed by atoms with Gasteiger partial charge in [-0.3, -0.25) is 4.98 Å². The summed E-state index contributed by atoms with van der Waals surface area (Å²) in [4.78, 5) is 17.3. The predicted molar refractivity (Wildman–Crippen MR) is 78.3 cm³/mol. The van der Waals surface area contributed by atoms with Gasteiger partial charge in [0.15, 0.2) is 0 Å². The molecule has 0 bridgehead atoms. The van der Waals surface area contributed by atoms with Crippen LogP contribution in [0.5, 0.6) is 0 Å². The van der Waals surface area contributed by atoms with Crippen molar-refractivity contribution in [2.24, 2.45) is 0 Å². The van der Waals surface area contributed by atoms with Crippen LogP contribution in [0.4, 0.5) is 4.79 Å². The third kappa shape index (κ3) is 5.42. The van der Waals surface area contributed by atoms with Crippen LogP contribution < -0.4 is 29.6 Å². The van der Waals surface area contributed by atoms with Crippen molar-refractivity contribution in [1.82, 2.24) is 9.88 Å². The quantitative estimate of drug-likeness (QED) is 0.467. The molecule has 1 fully saturated rings. The second-order valence-electron chi connectivity index (χ2n) is 6.31. The van der Waals surface area contributed by atoms with Crippen LogP contribution in [0.3, 0.4) is 0 Å². The standard InChI is InChI=1S/C14H20N2O5S.Na/c1-14(2,3)21-13(17)16-8-11(10-5-4-6-15-7-10)12(9-16)22(18,19)20;/h4-7,11-12H,8-9H2,1-3H3,(H,18,19,20);/q;+1/p-1. The van der Waals surface area contributed by atoms with E-state index in [1.54, 1.807) is 39.1 Å². The minimum absolute atomic E-state index is 0. The van der Waals surface area contributed by atoms with Crippen LogP contribution in [0.15, 0.2) is 24.5 Å². The van der Waals surface area contributed by atoms with Crippen LogP contribution in [-0.2, 0) is 14.9 Å². The van der Waals surface area contributed by atoms with Gasteiger partial charge in [-0.05, 0) is 32.4 Å².